The van der Waals surface area contributed by atoms with E-state index in [2.05, 4.69) is 13.8 Å². The van der Waals surface area contributed by atoms with Crippen molar-refractivity contribution < 1.29 is 8.42 Å². The van der Waals surface area contributed by atoms with E-state index >= 15 is 0 Å². The molecule has 1 aliphatic rings. The maximum Gasteiger partial charge on any atom is 0.218 e. The summed E-state index contributed by atoms with van der Waals surface area (Å²) >= 11 is 5.00. The molecule has 116 valence electrons. The van der Waals surface area contributed by atoms with E-state index in [9.17, 15) is 8.42 Å². The first-order valence-electron chi connectivity index (χ1n) is 7.07. The zero-order valence-electron chi connectivity index (χ0n) is 12.5. The van der Waals surface area contributed by atoms with Gasteiger partial charge in [0.2, 0.25) is 10.0 Å². The standard InChI is InChI=1S/C15H22N2O2S2/c1-15(2)8-5-9-17(11-15)21(18,19)10-12-6-3-4-7-13(12)14(16)20/h3-4,6-7H,5,8-11H2,1-2H3,(H2,16,20). The number of benzene rings is 1. The molecule has 1 aliphatic heterocycles. The molecule has 0 unspecified atom stereocenters. The third kappa shape index (κ3) is 4.02. The van der Waals surface area contributed by atoms with Gasteiger partial charge in [0.15, 0.2) is 0 Å². The van der Waals surface area contributed by atoms with E-state index in [0.717, 1.165) is 12.8 Å². The summed E-state index contributed by atoms with van der Waals surface area (Å²) < 4.78 is 26.9. The van der Waals surface area contributed by atoms with Crippen LogP contribution in [0.1, 0.15) is 37.8 Å². The minimum absolute atomic E-state index is 0.0357. The van der Waals surface area contributed by atoms with Crippen molar-refractivity contribution in [3.05, 3.63) is 35.4 Å². The Labute approximate surface area is 132 Å². The average Bonchev–Trinajstić information content (AvgIpc) is 2.37. The predicted octanol–water partition coefficient (Wildman–Crippen LogP) is 2.27. The topological polar surface area (TPSA) is 63.4 Å². The minimum Gasteiger partial charge on any atom is -0.389 e. The molecule has 1 heterocycles. The molecule has 1 aromatic rings. The zero-order valence-corrected chi connectivity index (χ0v) is 14.1. The van der Waals surface area contributed by atoms with Crippen molar-refractivity contribution in [3.63, 3.8) is 0 Å². The second kappa shape index (κ2) is 6.02. The van der Waals surface area contributed by atoms with E-state index in [1.807, 2.05) is 12.1 Å². The van der Waals surface area contributed by atoms with Crippen LogP contribution in [0.4, 0.5) is 0 Å². The first-order valence-corrected chi connectivity index (χ1v) is 9.09. The summed E-state index contributed by atoms with van der Waals surface area (Å²) in [6.07, 6.45) is 1.96. The third-order valence-electron chi connectivity index (χ3n) is 3.88. The lowest BCUT2D eigenvalue weighted by molar-refractivity contribution is 0.187. The molecule has 1 saturated heterocycles. The molecule has 2 rings (SSSR count). The Bertz CT molecular complexity index is 639. The zero-order chi connectivity index (χ0) is 15.7. The SMILES string of the molecule is CC1(C)CCCN(S(=O)(=O)Cc2ccccc2C(N)=S)C1. The molecule has 0 amide bonds. The van der Waals surface area contributed by atoms with Gasteiger partial charge in [-0.2, -0.15) is 0 Å². The molecule has 0 aliphatic carbocycles. The van der Waals surface area contributed by atoms with E-state index in [1.165, 1.54) is 0 Å². The van der Waals surface area contributed by atoms with Crippen LogP contribution in [0.5, 0.6) is 0 Å². The van der Waals surface area contributed by atoms with Crippen molar-refractivity contribution in [1.82, 2.24) is 4.31 Å². The van der Waals surface area contributed by atoms with Gasteiger partial charge in [0, 0.05) is 18.7 Å². The molecule has 1 fully saturated rings. The van der Waals surface area contributed by atoms with Gasteiger partial charge in [-0.1, -0.05) is 50.3 Å². The third-order valence-corrected chi connectivity index (χ3v) is 5.87. The van der Waals surface area contributed by atoms with Crippen molar-refractivity contribution in [2.45, 2.75) is 32.4 Å². The molecule has 4 nitrogen and oxygen atoms in total. The van der Waals surface area contributed by atoms with Crippen LogP contribution in [-0.4, -0.2) is 30.8 Å². The highest BCUT2D eigenvalue weighted by Gasteiger charge is 2.33. The van der Waals surface area contributed by atoms with Crippen LogP contribution in [0.2, 0.25) is 0 Å². The smallest absolute Gasteiger partial charge is 0.218 e. The highest BCUT2D eigenvalue weighted by atomic mass is 32.2. The van der Waals surface area contributed by atoms with Gasteiger partial charge >= 0.3 is 0 Å². The molecular weight excluding hydrogens is 304 g/mol. The van der Waals surface area contributed by atoms with Crippen molar-refractivity contribution in [2.24, 2.45) is 11.1 Å². The lowest BCUT2D eigenvalue weighted by atomic mass is 9.85. The van der Waals surface area contributed by atoms with Crippen LogP contribution in [0, 0.1) is 5.41 Å². The second-order valence-corrected chi connectivity index (χ2v) is 8.79. The fourth-order valence-electron chi connectivity index (χ4n) is 2.78. The molecule has 0 bridgehead atoms. The summed E-state index contributed by atoms with van der Waals surface area (Å²) in [4.78, 5) is 0.236. The monoisotopic (exact) mass is 326 g/mol. The highest BCUT2D eigenvalue weighted by molar-refractivity contribution is 7.88. The highest BCUT2D eigenvalue weighted by Crippen LogP contribution is 2.30. The van der Waals surface area contributed by atoms with Crippen LogP contribution >= 0.6 is 12.2 Å². The van der Waals surface area contributed by atoms with E-state index in [4.69, 9.17) is 18.0 Å². The first kappa shape index (κ1) is 16.4. The van der Waals surface area contributed by atoms with Gasteiger partial charge in [-0.25, -0.2) is 12.7 Å². The Morgan fingerprint density at radius 3 is 2.67 bits per heavy atom. The van der Waals surface area contributed by atoms with E-state index in [1.54, 1.807) is 16.4 Å². The molecule has 0 spiro atoms. The van der Waals surface area contributed by atoms with Gasteiger partial charge in [-0.05, 0) is 23.8 Å². The predicted molar refractivity (Wildman–Crippen MR) is 89.5 cm³/mol. The summed E-state index contributed by atoms with van der Waals surface area (Å²) in [6, 6.07) is 7.18. The Morgan fingerprint density at radius 2 is 2.05 bits per heavy atom. The Kier molecular flexibility index (Phi) is 4.70. The number of thiocarbonyl (C=S) groups is 1. The van der Waals surface area contributed by atoms with Crippen LogP contribution in [0.25, 0.3) is 0 Å². The van der Waals surface area contributed by atoms with Gasteiger partial charge in [0.25, 0.3) is 0 Å². The van der Waals surface area contributed by atoms with Gasteiger partial charge in [-0.3, -0.25) is 0 Å². The van der Waals surface area contributed by atoms with Crippen molar-refractivity contribution >= 4 is 27.2 Å². The van der Waals surface area contributed by atoms with Crippen LogP contribution in [-0.2, 0) is 15.8 Å². The van der Waals surface area contributed by atoms with E-state index < -0.39 is 10.0 Å². The molecule has 0 radical (unpaired) electrons. The molecule has 21 heavy (non-hydrogen) atoms. The first-order chi connectivity index (χ1) is 9.71. The maximum atomic E-state index is 12.7. The van der Waals surface area contributed by atoms with E-state index in [0.29, 0.717) is 24.2 Å². The number of nitrogens with zero attached hydrogens (tertiary/aromatic N) is 1. The summed E-state index contributed by atoms with van der Waals surface area (Å²) in [5.41, 5.74) is 7.03. The molecule has 6 heteroatoms. The molecule has 0 atom stereocenters. The summed E-state index contributed by atoms with van der Waals surface area (Å²) in [5.74, 6) is -0.0450. The van der Waals surface area contributed by atoms with Gasteiger partial charge in [0.1, 0.15) is 4.99 Å². The van der Waals surface area contributed by atoms with Crippen molar-refractivity contribution in [1.29, 1.82) is 0 Å². The summed E-state index contributed by atoms with van der Waals surface area (Å²) in [6.45, 7) is 5.39. The number of rotatable bonds is 4. The number of piperidine rings is 1. The van der Waals surface area contributed by atoms with Crippen LogP contribution in [0.3, 0.4) is 0 Å². The van der Waals surface area contributed by atoms with Crippen LogP contribution in [0.15, 0.2) is 24.3 Å². The maximum absolute atomic E-state index is 12.7. The molecule has 0 saturated carbocycles. The van der Waals surface area contributed by atoms with Gasteiger partial charge in [-0.15, -0.1) is 0 Å². The number of nitrogens with two attached hydrogens (primary N) is 1. The lowest BCUT2D eigenvalue weighted by Gasteiger charge is -2.37. The normalized spacial score (nSPS) is 19.3. The van der Waals surface area contributed by atoms with Crippen molar-refractivity contribution in [3.8, 4) is 0 Å². The number of hydrogen-bond donors (Lipinski definition) is 1. The number of sulfonamides is 1. The lowest BCUT2D eigenvalue weighted by Crippen LogP contribution is -2.44. The molecular formula is C15H22N2O2S2. The summed E-state index contributed by atoms with van der Waals surface area (Å²) in [5, 5.41) is 0. The fourth-order valence-corrected chi connectivity index (χ4v) is 4.76. The average molecular weight is 326 g/mol. The second-order valence-electron chi connectivity index (χ2n) is 6.38. The molecule has 1 aromatic carbocycles. The Balaban J connectivity index is 2.24. The molecule has 2 N–H and O–H groups in total. The van der Waals surface area contributed by atoms with Crippen molar-refractivity contribution in [2.75, 3.05) is 13.1 Å². The van der Waals surface area contributed by atoms with Gasteiger partial charge < -0.3 is 5.73 Å². The summed E-state index contributed by atoms with van der Waals surface area (Å²) in [7, 11) is -3.35. The minimum atomic E-state index is -3.35. The number of hydrogen-bond acceptors (Lipinski definition) is 3. The van der Waals surface area contributed by atoms with Crippen LogP contribution < -0.4 is 5.73 Å². The largest absolute Gasteiger partial charge is 0.389 e. The fraction of sp³-hybridized carbons (Fsp3) is 0.533. The van der Waals surface area contributed by atoms with Gasteiger partial charge in [0.05, 0.1) is 5.75 Å². The molecule has 0 aromatic heterocycles. The quantitative estimate of drug-likeness (QED) is 0.862. The Morgan fingerprint density at radius 1 is 1.38 bits per heavy atom. The van der Waals surface area contributed by atoms with E-state index in [-0.39, 0.29) is 16.2 Å². The Hall–Kier alpha value is -0.980.